The van der Waals surface area contributed by atoms with E-state index in [-0.39, 0.29) is 23.6 Å². The Hall–Kier alpha value is -1.35. The quantitative estimate of drug-likeness (QED) is 0.446. The molecule has 0 aromatic rings. The van der Waals surface area contributed by atoms with Gasteiger partial charge in [0.25, 0.3) is 0 Å². The van der Waals surface area contributed by atoms with Gasteiger partial charge in [0.2, 0.25) is 5.91 Å². The third-order valence-electron chi connectivity index (χ3n) is 6.16. The van der Waals surface area contributed by atoms with Gasteiger partial charge < -0.3 is 20.4 Å². The van der Waals surface area contributed by atoms with Gasteiger partial charge in [-0.05, 0) is 13.3 Å². The second kappa shape index (κ2) is 7.24. The summed E-state index contributed by atoms with van der Waals surface area (Å²) in [5.74, 6) is -1.86. The number of β-lactam (4-membered cyclic amide) rings is 1. The molecule has 1 amide bonds. The van der Waals surface area contributed by atoms with E-state index < -0.39 is 18.0 Å². The fourth-order valence-electron chi connectivity index (χ4n) is 4.85. The molecule has 8 heteroatoms. The van der Waals surface area contributed by atoms with Crippen LogP contribution in [0.2, 0.25) is 0 Å². The zero-order valence-corrected chi connectivity index (χ0v) is 16.5. The van der Waals surface area contributed by atoms with Crippen molar-refractivity contribution in [3.8, 4) is 0 Å². The molecule has 2 saturated heterocycles. The number of carboxylic acids is 1. The fourth-order valence-corrected chi connectivity index (χ4v) is 6.37. The zero-order chi connectivity index (χ0) is 19.3. The second-order valence-electron chi connectivity index (χ2n) is 8.04. The summed E-state index contributed by atoms with van der Waals surface area (Å²) < 4.78 is 0. The number of aliphatic carboxylic acids is 1. The minimum atomic E-state index is -1.05. The van der Waals surface area contributed by atoms with Crippen molar-refractivity contribution < 1.29 is 19.8 Å². The number of hydrogen-bond donors (Lipinski definition) is 3. The predicted molar refractivity (Wildman–Crippen MR) is 103 cm³/mol. The van der Waals surface area contributed by atoms with Crippen LogP contribution in [0.4, 0.5) is 0 Å². The third kappa shape index (κ3) is 3.22. The number of nitrogens with one attached hydrogen (secondary N) is 1. The topological polar surface area (TPSA) is 93.1 Å². The average Bonchev–Trinajstić information content (AvgIpc) is 3.30. The predicted octanol–water partition coefficient (Wildman–Crippen LogP) is 0.476. The van der Waals surface area contributed by atoms with Crippen molar-refractivity contribution in [3.05, 3.63) is 22.8 Å². The van der Waals surface area contributed by atoms with Gasteiger partial charge in [-0.15, -0.1) is 11.8 Å². The highest BCUT2D eigenvalue weighted by Crippen LogP contribution is 2.51. The summed E-state index contributed by atoms with van der Waals surface area (Å²) in [4.78, 5) is 28.9. The minimum Gasteiger partial charge on any atom is -0.477 e. The Morgan fingerprint density at radius 2 is 2.11 bits per heavy atom. The molecule has 4 rings (SSSR count). The maximum atomic E-state index is 12.4. The van der Waals surface area contributed by atoms with Gasteiger partial charge in [0.05, 0.1) is 18.1 Å². The van der Waals surface area contributed by atoms with Crippen LogP contribution >= 0.6 is 11.8 Å². The normalized spacial score (nSPS) is 37.1. The summed E-state index contributed by atoms with van der Waals surface area (Å²) in [6.07, 6.45) is 4.60. The van der Waals surface area contributed by atoms with Crippen molar-refractivity contribution in [2.75, 3.05) is 26.2 Å². The Morgan fingerprint density at radius 1 is 1.41 bits per heavy atom. The van der Waals surface area contributed by atoms with E-state index in [1.807, 2.05) is 6.92 Å². The second-order valence-corrected chi connectivity index (χ2v) is 9.38. The molecule has 0 aliphatic carbocycles. The highest BCUT2D eigenvalue weighted by molar-refractivity contribution is 8.03. The maximum absolute atomic E-state index is 12.4. The van der Waals surface area contributed by atoms with Crippen LogP contribution in [0.25, 0.3) is 0 Å². The number of thioether (sulfide) groups is 1. The fraction of sp³-hybridized carbons (Fsp3) is 0.684. The lowest BCUT2D eigenvalue weighted by Crippen LogP contribution is -2.63. The summed E-state index contributed by atoms with van der Waals surface area (Å²) in [5.41, 5.74) is 0.131. The smallest absolute Gasteiger partial charge is 0.353 e. The molecular formula is C19H27N3O4S. The highest BCUT2D eigenvalue weighted by atomic mass is 32.2. The first-order valence-corrected chi connectivity index (χ1v) is 10.5. The Kier molecular flexibility index (Phi) is 5.09. The molecule has 4 aliphatic heterocycles. The lowest BCUT2D eigenvalue weighted by atomic mass is 9.79. The zero-order valence-electron chi connectivity index (χ0n) is 15.7. The van der Waals surface area contributed by atoms with Gasteiger partial charge >= 0.3 is 5.97 Å². The van der Waals surface area contributed by atoms with Crippen molar-refractivity contribution in [2.24, 2.45) is 11.8 Å². The number of hydrogen-bond acceptors (Lipinski definition) is 6. The largest absolute Gasteiger partial charge is 0.477 e. The lowest BCUT2D eigenvalue weighted by Gasteiger charge is -2.46. The molecule has 148 valence electrons. The third-order valence-corrected chi connectivity index (χ3v) is 7.67. The standard InChI is InChI=1S/C19H27N3O4S/c1-10-15-14(11(2)23)18(24)22(15)16(19(25)26)17(10)27-13-7-12(20-8-13)9-21-5-3-4-6-21/h3-4,10-15,20,23H,5-9H2,1-2H3,(H,25,26)/t10-,11-,12+,13+,14?,15?/m1/s1. The van der Waals surface area contributed by atoms with E-state index in [0.29, 0.717) is 11.3 Å². The summed E-state index contributed by atoms with van der Waals surface area (Å²) in [7, 11) is 0. The number of aliphatic hydroxyl groups is 1. The van der Waals surface area contributed by atoms with Crippen LogP contribution in [0.1, 0.15) is 20.3 Å². The van der Waals surface area contributed by atoms with Crippen molar-refractivity contribution in [3.63, 3.8) is 0 Å². The van der Waals surface area contributed by atoms with Crippen molar-refractivity contribution in [2.45, 2.75) is 43.7 Å². The highest BCUT2D eigenvalue weighted by Gasteiger charge is 2.60. The summed E-state index contributed by atoms with van der Waals surface area (Å²) in [5, 5.41) is 23.5. The van der Waals surface area contributed by atoms with Gasteiger partial charge in [-0.1, -0.05) is 19.1 Å². The molecule has 6 atom stereocenters. The minimum absolute atomic E-state index is 0.0553. The van der Waals surface area contributed by atoms with E-state index in [1.54, 1.807) is 18.7 Å². The summed E-state index contributed by atoms with van der Waals surface area (Å²) >= 11 is 1.61. The van der Waals surface area contributed by atoms with Crippen LogP contribution < -0.4 is 5.32 Å². The first kappa shape index (κ1) is 19.0. The number of fused-ring (bicyclic) bond motifs is 1. The average molecular weight is 394 g/mol. The van der Waals surface area contributed by atoms with Gasteiger partial charge in [-0.3, -0.25) is 9.69 Å². The molecule has 0 bridgehead atoms. The van der Waals surface area contributed by atoms with Crippen molar-refractivity contribution in [1.82, 2.24) is 15.1 Å². The Morgan fingerprint density at radius 3 is 2.74 bits per heavy atom. The molecule has 0 saturated carbocycles. The first-order chi connectivity index (χ1) is 12.9. The van der Waals surface area contributed by atoms with Crippen LogP contribution in [0.15, 0.2) is 22.8 Å². The number of carbonyl (C=O) groups excluding carboxylic acids is 1. The van der Waals surface area contributed by atoms with Gasteiger partial charge in [0.1, 0.15) is 5.70 Å². The lowest BCUT2D eigenvalue weighted by molar-refractivity contribution is -0.163. The van der Waals surface area contributed by atoms with E-state index >= 15 is 0 Å². The number of carboxylic acid groups (broad SMARTS) is 1. The van der Waals surface area contributed by atoms with Crippen LogP contribution in [-0.2, 0) is 9.59 Å². The Bertz CT molecular complexity index is 699. The molecule has 4 heterocycles. The molecule has 7 nitrogen and oxygen atoms in total. The van der Waals surface area contributed by atoms with E-state index in [4.69, 9.17) is 0 Å². The molecule has 27 heavy (non-hydrogen) atoms. The molecule has 2 unspecified atom stereocenters. The number of amides is 1. The van der Waals surface area contributed by atoms with Gasteiger partial charge in [-0.25, -0.2) is 4.79 Å². The molecule has 0 aromatic heterocycles. The van der Waals surface area contributed by atoms with Crippen LogP contribution in [0.3, 0.4) is 0 Å². The number of aliphatic hydroxyl groups excluding tert-OH is 1. The van der Waals surface area contributed by atoms with E-state index in [0.717, 1.165) is 37.5 Å². The van der Waals surface area contributed by atoms with Crippen molar-refractivity contribution >= 4 is 23.6 Å². The summed E-state index contributed by atoms with van der Waals surface area (Å²) in [6, 6.07) is 0.184. The van der Waals surface area contributed by atoms with Crippen LogP contribution in [-0.4, -0.2) is 81.5 Å². The van der Waals surface area contributed by atoms with Gasteiger partial charge in [-0.2, -0.15) is 0 Å². The Labute approximate surface area is 163 Å². The molecule has 0 spiro atoms. The molecule has 0 radical (unpaired) electrons. The number of nitrogens with zero attached hydrogens (tertiary/aromatic N) is 2. The maximum Gasteiger partial charge on any atom is 0.353 e. The molecule has 4 aliphatic rings. The van der Waals surface area contributed by atoms with Crippen molar-refractivity contribution in [1.29, 1.82) is 0 Å². The monoisotopic (exact) mass is 393 g/mol. The van der Waals surface area contributed by atoms with E-state index in [9.17, 15) is 19.8 Å². The van der Waals surface area contributed by atoms with Crippen LogP contribution in [0, 0.1) is 11.8 Å². The van der Waals surface area contributed by atoms with Gasteiger partial charge in [0, 0.05) is 48.3 Å². The molecule has 0 aromatic carbocycles. The SMILES string of the molecule is C[C@@H](O)C1C(=O)N2C(C(=O)O)=C(S[C@@H]3CN[C@H](CN4CC=CC4)C3)[C@H](C)C12. The number of rotatable bonds is 6. The Balaban J connectivity index is 1.45. The van der Waals surface area contributed by atoms with Gasteiger partial charge in [0.15, 0.2) is 0 Å². The first-order valence-electron chi connectivity index (χ1n) is 9.64. The summed E-state index contributed by atoms with van der Waals surface area (Å²) in [6.45, 7) is 7.44. The van der Waals surface area contributed by atoms with E-state index in [1.165, 1.54) is 4.90 Å². The molecule has 2 fully saturated rings. The molecule has 3 N–H and O–H groups in total. The van der Waals surface area contributed by atoms with E-state index in [2.05, 4.69) is 22.4 Å². The van der Waals surface area contributed by atoms with Crippen LogP contribution in [0.5, 0.6) is 0 Å². The molecular weight excluding hydrogens is 366 g/mol. The number of carbonyl (C=O) groups is 2.